The van der Waals surface area contributed by atoms with Crippen molar-refractivity contribution >= 4 is 37.9 Å². The van der Waals surface area contributed by atoms with Crippen LogP contribution in [0.1, 0.15) is 6.42 Å². The summed E-state index contributed by atoms with van der Waals surface area (Å²) in [7, 11) is 0. The van der Waals surface area contributed by atoms with Crippen LogP contribution in [0.2, 0.25) is 0 Å². The average molecular weight is 168 g/mol. The lowest BCUT2D eigenvalue weighted by Crippen LogP contribution is -2.04. The second-order valence-corrected chi connectivity index (χ2v) is 2.92. The molecule has 0 fully saturated rings. The molecule has 0 aliphatic carbocycles. The second-order valence-electron chi connectivity index (χ2n) is 1.74. The van der Waals surface area contributed by atoms with Crippen LogP contribution in [0.3, 0.4) is 0 Å². The molecule has 0 unspecified atom stereocenters. The zero-order valence-electron chi connectivity index (χ0n) is 4.75. The molecule has 0 aromatic heterocycles. The summed E-state index contributed by atoms with van der Waals surface area (Å²) in [5.74, 6) is 3.47. The van der Waals surface area contributed by atoms with Crippen molar-refractivity contribution in [3.8, 4) is 0 Å². The quantitative estimate of drug-likeness (QED) is 0.524. The molecule has 0 aliphatic heterocycles. The molecule has 0 bridgehead atoms. The highest BCUT2D eigenvalue weighted by molar-refractivity contribution is 7.81. The van der Waals surface area contributed by atoms with E-state index in [-0.39, 0.29) is 0 Å². The molecule has 0 rings (SSSR count). The maximum Gasteiger partial charge on any atom is -0.00614 e. The Morgan fingerprint density at radius 2 is 1.50 bits per heavy atom. The monoisotopic (exact) mass is 168 g/mol. The molecular weight excluding hydrogens is 156 g/mol. The third-order valence-electron chi connectivity index (χ3n) is 1.05. The lowest BCUT2D eigenvalue weighted by molar-refractivity contribution is 0.659. The van der Waals surface area contributed by atoms with Crippen LogP contribution in [-0.4, -0.2) is 17.3 Å². The van der Waals surface area contributed by atoms with Crippen molar-refractivity contribution in [2.45, 2.75) is 6.42 Å². The highest BCUT2D eigenvalue weighted by Crippen LogP contribution is 2.07. The number of hydrogen-bond donors (Lipinski definition) is 3. The molecule has 0 heterocycles. The average Bonchev–Trinajstić information content (AvgIpc) is 1.83. The lowest BCUT2D eigenvalue weighted by Gasteiger charge is -2.06. The van der Waals surface area contributed by atoms with Crippen molar-refractivity contribution in [2.75, 3.05) is 17.3 Å². The molecular formula is C5H12S3. The number of rotatable bonds is 4. The molecule has 0 aromatic carbocycles. The Kier molecular flexibility index (Phi) is 6.98. The Morgan fingerprint density at radius 1 is 1.00 bits per heavy atom. The molecule has 0 atom stereocenters. The van der Waals surface area contributed by atoms with Gasteiger partial charge in [0.05, 0.1) is 0 Å². The van der Waals surface area contributed by atoms with Gasteiger partial charge in [0.25, 0.3) is 0 Å². The van der Waals surface area contributed by atoms with E-state index in [1.54, 1.807) is 0 Å². The minimum Gasteiger partial charge on any atom is -0.179 e. The summed E-state index contributed by atoms with van der Waals surface area (Å²) in [6.45, 7) is 0. The van der Waals surface area contributed by atoms with Crippen LogP contribution in [-0.2, 0) is 0 Å². The van der Waals surface area contributed by atoms with Gasteiger partial charge in [-0.15, -0.1) is 0 Å². The third-order valence-corrected chi connectivity index (χ3v) is 2.34. The molecule has 0 aliphatic rings. The predicted molar refractivity (Wildman–Crippen MR) is 49.7 cm³/mol. The van der Waals surface area contributed by atoms with E-state index in [9.17, 15) is 0 Å². The zero-order chi connectivity index (χ0) is 6.41. The van der Waals surface area contributed by atoms with Gasteiger partial charge in [-0.2, -0.15) is 37.9 Å². The van der Waals surface area contributed by atoms with Gasteiger partial charge in [-0.25, -0.2) is 0 Å². The minimum atomic E-state index is 0.652. The van der Waals surface area contributed by atoms with Gasteiger partial charge in [0.1, 0.15) is 0 Å². The standard InChI is InChI=1S/C5H12S3/c6-2-1-5(3-7)4-8/h5-8H,1-4H2. The highest BCUT2D eigenvalue weighted by Gasteiger charge is 2.00. The Bertz CT molecular complexity index is 42.9. The van der Waals surface area contributed by atoms with E-state index in [0.29, 0.717) is 5.92 Å². The number of thiol groups is 3. The van der Waals surface area contributed by atoms with Gasteiger partial charge in [0.15, 0.2) is 0 Å². The van der Waals surface area contributed by atoms with Crippen LogP contribution >= 0.6 is 37.9 Å². The first kappa shape index (κ1) is 9.05. The Hall–Kier alpha value is 1.05. The van der Waals surface area contributed by atoms with Crippen molar-refractivity contribution in [3.05, 3.63) is 0 Å². The Balaban J connectivity index is 3.07. The SMILES string of the molecule is SCCC(CS)CS. The first-order valence-corrected chi connectivity index (χ1v) is 4.57. The van der Waals surface area contributed by atoms with Crippen LogP contribution in [0.4, 0.5) is 0 Å². The summed E-state index contributed by atoms with van der Waals surface area (Å²) in [4.78, 5) is 0. The maximum absolute atomic E-state index is 4.15. The minimum absolute atomic E-state index is 0.652. The van der Waals surface area contributed by atoms with Gasteiger partial charge in [-0.3, -0.25) is 0 Å². The summed E-state index contributed by atoms with van der Waals surface area (Å²) in [6, 6.07) is 0. The van der Waals surface area contributed by atoms with Crippen LogP contribution in [0.5, 0.6) is 0 Å². The van der Waals surface area contributed by atoms with Gasteiger partial charge in [0.2, 0.25) is 0 Å². The van der Waals surface area contributed by atoms with E-state index >= 15 is 0 Å². The molecule has 0 saturated carbocycles. The fraction of sp³-hybridized carbons (Fsp3) is 1.00. The summed E-state index contributed by atoms with van der Waals surface area (Å²) >= 11 is 12.4. The van der Waals surface area contributed by atoms with E-state index < -0.39 is 0 Å². The van der Waals surface area contributed by atoms with E-state index in [1.807, 2.05) is 0 Å². The lowest BCUT2D eigenvalue weighted by atomic mass is 10.1. The Labute approximate surface area is 67.7 Å². The normalized spacial score (nSPS) is 10.5. The third kappa shape index (κ3) is 3.98. The van der Waals surface area contributed by atoms with Crippen molar-refractivity contribution in [1.82, 2.24) is 0 Å². The van der Waals surface area contributed by atoms with E-state index in [4.69, 9.17) is 0 Å². The molecule has 0 saturated heterocycles. The molecule has 0 aromatic rings. The van der Waals surface area contributed by atoms with Gasteiger partial charge in [-0.05, 0) is 29.6 Å². The first-order chi connectivity index (χ1) is 3.85. The van der Waals surface area contributed by atoms with Crippen molar-refractivity contribution in [1.29, 1.82) is 0 Å². The fourth-order valence-corrected chi connectivity index (χ4v) is 1.62. The zero-order valence-corrected chi connectivity index (χ0v) is 7.43. The van der Waals surface area contributed by atoms with Crippen LogP contribution in [0, 0.1) is 5.92 Å². The molecule has 50 valence electrons. The molecule has 0 radical (unpaired) electrons. The number of hydrogen-bond acceptors (Lipinski definition) is 3. The van der Waals surface area contributed by atoms with Crippen LogP contribution in [0.25, 0.3) is 0 Å². The highest BCUT2D eigenvalue weighted by atomic mass is 32.1. The summed E-state index contributed by atoms with van der Waals surface area (Å²) in [5, 5.41) is 0. The first-order valence-electron chi connectivity index (χ1n) is 2.67. The summed E-state index contributed by atoms with van der Waals surface area (Å²) in [6.07, 6.45) is 1.14. The van der Waals surface area contributed by atoms with E-state index in [1.165, 1.54) is 0 Å². The van der Waals surface area contributed by atoms with Crippen molar-refractivity contribution < 1.29 is 0 Å². The van der Waals surface area contributed by atoms with Crippen LogP contribution < -0.4 is 0 Å². The van der Waals surface area contributed by atoms with Crippen LogP contribution in [0.15, 0.2) is 0 Å². The van der Waals surface area contributed by atoms with Crippen molar-refractivity contribution in [2.24, 2.45) is 5.92 Å². The summed E-state index contributed by atoms with van der Waals surface area (Å²) < 4.78 is 0. The second kappa shape index (κ2) is 6.17. The molecule has 3 heteroatoms. The largest absolute Gasteiger partial charge is 0.179 e. The van der Waals surface area contributed by atoms with Gasteiger partial charge >= 0.3 is 0 Å². The van der Waals surface area contributed by atoms with Gasteiger partial charge < -0.3 is 0 Å². The molecule has 0 spiro atoms. The fourth-order valence-electron chi connectivity index (χ4n) is 0.423. The molecule has 8 heavy (non-hydrogen) atoms. The predicted octanol–water partition coefficient (Wildman–Crippen LogP) is 1.78. The van der Waals surface area contributed by atoms with Gasteiger partial charge in [-0.1, -0.05) is 0 Å². The van der Waals surface area contributed by atoms with Crippen molar-refractivity contribution in [3.63, 3.8) is 0 Å². The van der Waals surface area contributed by atoms with Gasteiger partial charge in [0, 0.05) is 0 Å². The van der Waals surface area contributed by atoms with E-state index in [2.05, 4.69) is 37.9 Å². The topological polar surface area (TPSA) is 0 Å². The smallest absolute Gasteiger partial charge is 0.00614 e. The van der Waals surface area contributed by atoms with E-state index in [0.717, 1.165) is 23.7 Å². The summed E-state index contributed by atoms with van der Waals surface area (Å²) in [5.41, 5.74) is 0. The molecule has 0 amide bonds. The Morgan fingerprint density at radius 3 is 1.62 bits per heavy atom. The maximum atomic E-state index is 4.15. The molecule has 0 nitrogen and oxygen atoms in total. The molecule has 0 N–H and O–H groups in total.